The molecule has 1 heterocycles. The van der Waals surface area contributed by atoms with Gasteiger partial charge in [-0.25, -0.2) is 0 Å². The summed E-state index contributed by atoms with van der Waals surface area (Å²) < 4.78 is 7.32. The van der Waals surface area contributed by atoms with Crippen molar-refractivity contribution in [1.82, 2.24) is 4.57 Å². The lowest BCUT2D eigenvalue weighted by atomic mass is 10.1. The van der Waals surface area contributed by atoms with E-state index in [2.05, 4.69) is 47.6 Å². The standard InChI is InChI=1S/C20H29N3O2/c1-5-22(6-2)17-10-8-16(9-11-17)19-14-18(20(21)24)15(3)23(19)12-7-13-25-4/h8-11,14H,5-7,12-13H2,1-4H3,(H2,21,24). The van der Waals surface area contributed by atoms with Gasteiger partial charge in [0.1, 0.15) is 0 Å². The minimum absolute atomic E-state index is 0.385. The molecule has 136 valence electrons. The number of hydrogen-bond acceptors (Lipinski definition) is 3. The Morgan fingerprint density at radius 2 is 1.84 bits per heavy atom. The number of amides is 1. The second kappa shape index (κ2) is 8.72. The van der Waals surface area contributed by atoms with Crippen LogP contribution in [0.15, 0.2) is 30.3 Å². The summed E-state index contributed by atoms with van der Waals surface area (Å²) in [6.45, 7) is 9.69. The second-order valence-electron chi connectivity index (χ2n) is 6.11. The van der Waals surface area contributed by atoms with Gasteiger partial charge in [-0.2, -0.15) is 0 Å². The first-order valence-corrected chi connectivity index (χ1v) is 8.87. The molecule has 0 fully saturated rings. The quantitative estimate of drug-likeness (QED) is 0.710. The van der Waals surface area contributed by atoms with Gasteiger partial charge < -0.3 is 19.9 Å². The smallest absolute Gasteiger partial charge is 0.250 e. The van der Waals surface area contributed by atoms with Gasteiger partial charge in [-0.15, -0.1) is 0 Å². The molecule has 0 aliphatic carbocycles. The Kier molecular flexibility index (Phi) is 6.65. The molecular formula is C20H29N3O2. The van der Waals surface area contributed by atoms with Gasteiger partial charge in [-0.05, 0) is 51.0 Å². The molecule has 0 saturated heterocycles. The van der Waals surface area contributed by atoms with E-state index in [0.29, 0.717) is 12.2 Å². The molecule has 0 radical (unpaired) electrons. The zero-order valence-electron chi connectivity index (χ0n) is 15.7. The number of aromatic nitrogens is 1. The molecular weight excluding hydrogens is 314 g/mol. The van der Waals surface area contributed by atoms with Crippen LogP contribution in [0.2, 0.25) is 0 Å². The molecule has 2 N–H and O–H groups in total. The SMILES string of the molecule is CCN(CC)c1ccc(-c2cc(C(N)=O)c(C)n2CCCOC)cc1. The summed E-state index contributed by atoms with van der Waals surface area (Å²) in [5.74, 6) is -0.385. The first kappa shape index (κ1) is 19.1. The number of benzene rings is 1. The van der Waals surface area contributed by atoms with Crippen molar-refractivity contribution in [2.24, 2.45) is 5.73 Å². The van der Waals surface area contributed by atoms with Crippen LogP contribution < -0.4 is 10.6 Å². The van der Waals surface area contributed by atoms with Gasteiger partial charge in [0.2, 0.25) is 0 Å². The van der Waals surface area contributed by atoms with E-state index in [1.54, 1.807) is 7.11 Å². The number of primary amides is 1. The Labute approximate surface area is 150 Å². The molecule has 5 nitrogen and oxygen atoms in total. The highest BCUT2D eigenvalue weighted by atomic mass is 16.5. The van der Waals surface area contributed by atoms with Gasteiger partial charge in [0, 0.05) is 50.4 Å². The minimum atomic E-state index is -0.385. The Morgan fingerprint density at radius 1 is 1.20 bits per heavy atom. The molecule has 5 heteroatoms. The van der Waals surface area contributed by atoms with Gasteiger partial charge in [0.25, 0.3) is 5.91 Å². The van der Waals surface area contributed by atoms with Crippen molar-refractivity contribution in [1.29, 1.82) is 0 Å². The molecule has 0 unspecified atom stereocenters. The topological polar surface area (TPSA) is 60.5 Å². The maximum atomic E-state index is 11.7. The van der Waals surface area contributed by atoms with E-state index in [9.17, 15) is 4.79 Å². The lowest BCUT2D eigenvalue weighted by Crippen LogP contribution is -2.21. The fraction of sp³-hybridized carbons (Fsp3) is 0.450. The number of carbonyl (C=O) groups excluding carboxylic acids is 1. The highest BCUT2D eigenvalue weighted by molar-refractivity contribution is 5.95. The molecule has 1 aromatic heterocycles. The average Bonchev–Trinajstić information content (AvgIpc) is 2.94. The van der Waals surface area contributed by atoms with Crippen LogP contribution in [-0.4, -0.2) is 37.3 Å². The van der Waals surface area contributed by atoms with E-state index < -0.39 is 0 Å². The van der Waals surface area contributed by atoms with Crippen LogP contribution in [0.25, 0.3) is 11.3 Å². The van der Waals surface area contributed by atoms with Gasteiger partial charge in [-0.1, -0.05) is 12.1 Å². The van der Waals surface area contributed by atoms with Gasteiger partial charge >= 0.3 is 0 Å². The summed E-state index contributed by atoms with van der Waals surface area (Å²) in [7, 11) is 1.70. The van der Waals surface area contributed by atoms with E-state index in [1.165, 1.54) is 5.69 Å². The van der Waals surface area contributed by atoms with Crippen molar-refractivity contribution >= 4 is 11.6 Å². The van der Waals surface area contributed by atoms with Crippen LogP contribution in [-0.2, 0) is 11.3 Å². The molecule has 1 aromatic carbocycles. The zero-order chi connectivity index (χ0) is 18.4. The number of anilines is 1. The molecule has 0 spiro atoms. The number of nitrogens with zero attached hydrogens (tertiary/aromatic N) is 2. The molecule has 0 saturated carbocycles. The third kappa shape index (κ3) is 4.23. The van der Waals surface area contributed by atoms with Crippen molar-refractivity contribution in [2.75, 3.05) is 31.7 Å². The Morgan fingerprint density at radius 3 is 2.36 bits per heavy atom. The van der Waals surface area contributed by atoms with Crippen molar-refractivity contribution in [3.63, 3.8) is 0 Å². The molecule has 1 amide bonds. The summed E-state index contributed by atoms with van der Waals surface area (Å²) in [5.41, 5.74) is 10.4. The Balaban J connectivity index is 2.39. The van der Waals surface area contributed by atoms with E-state index in [1.807, 2.05) is 13.0 Å². The van der Waals surface area contributed by atoms with E-state index in [-0.39, 0.29) is 5.91 Å². The summed E-state index contributed by atoms with van der Waals surface area (Å²) in [4.78, 5) is 14.1. The summed E-state index contributed by atoms with van der Waals surface area (Å²) >= 11 is 0. The lowest BCUT2D eigenvalue weighted by Gasteiger charge is -2.21. The van der Waals surface area contributed by atoms with Crippen LogP contribution in [0.4, 0.5) is 5.69 Å². The average molecular weight is 343 g/mol. The van der Waals surface area contributed by atoms with Crippen molar-refractivity contribution in [2.45, 2.75) is 33.7 Å². The monoisotopic (exact) mass is 343 g/mol. The molecule has 25 heavy (non-hydrogen) atoms. The fourth-order valence-electron chi connectivity index (χ4n) is 3.22. The third-order valence-electron chi connectivity index (χ3n) is 4.65. The van der Waals surface area contributed by atoms with Gasteiger partial charge in [0.05, 0.1) is 5.56 Å². The van der Waals surface area contributed by atoms with Crippen LogP contribution in [0, 0.1) is 6.92 Å². The van der Waals surface area contributed by atoms with Crippen molar-refractivity contribution in [3.05, 3.63) is 41.6 Å². The molecule has 0 atom stereocenters. The summed E-state index contributed by atoms with van der Waals surface area (Å²) in [5, 5.41) is 0. The first-order chi connectivity index (χ1) is 12.0. The molecule has 0 bridgehead atoms. The Hall–Kier alpha value is -2.27. The number of nitrogens with two attached hydrogens (primary N) is 1. The van der Waals surface area contributed by atoms with E-state index >= 15 is 0 Å². The fourth-order valence-corrected chi connectivity index (χ4v) is 3.22. The van der Waals surface area contributed by atoms with Crippen molar-refractivity contribution < 1.29 is 9.53 Å². The lowest BCUT2D eigenvalue weighted by molar-refractivity contribution is 0.0999. The maximum absolute atomic E-state index is 11.7. The molecule has 0 aliphatic rings. The van der Waals surface area contributed by atoms with E-state index in [4.69, 9.17) is 10.5 Å². The first-order valence-electron chi connectivity index (χ1n) is 8.87. The number of hydrogen-bond donors (Lipinski definition) is 1. The number of methoxy groups -OCH3 is 1. The van der Waals surface area contributed by atoms with Crippen molar-refractivity contribution in [3.8, 4) is 11.3 Å². The number of rotatable bonds is 9. The zero-order valence-corrected chi connectivity index (χ0v) is 15.7. The highest BCUT2D eigenvalue weighted by Crippen LogP contribution is 2.28. The Bertz CT molecular complexity index is 700. The van der Waals surface area contributed by atoms with Crippen LogP contribution in [0.3, 0.4) is 0 Å². The third-order valence-corrected chi connectivity index (χ3v) is 4.65. The molecule has 2 rings (SSSR count). The molecule has 0 aliphatic heterocycles. The van der Waals surface area contributed by atoms with E-state index in [0.717, 1.165) is 43.0 Å². The largest absolute Gasteiger partial charge is 0.385 e. The maximum Gasteiger partial charge on any atom is 0.250 e. The predicted octanol–water partition coefficient (Wildman–Crippen LogP) is 3.45. The normalized spacial score (nSPS) is 10.9. The summed E-state index contributed by atoms with van der Waals surface area (Å²) in [6.07, 6.45) is 0.884. The number of ether oxygens (including phenoxy) is 1. The summed E-state index contributed by atoms with van der Waals surface area (Å²) in [6, 6.07) is 10.4. The second-order valence-corrected chi connectivity index (χ2v) is 6.11. The number of carbonyl (C=O) groups is 1. The molecule has 2 aromatic rings. The van der Waals surface area contributed by atoms with Crippen LogP contribution in [0.1, 0.15) is 36.3 Å². The minimum Gasteiger partial charge on any atom is -0.385 e. The van der Waals surface area contributed by atoms with Gasteiger partial charge in [0.15, 0.2) is 0 Å². The van der Waals surface area contributed by atoms with Crippen LogP contribution >= 0.6 is 0 Å². The van der Waals surface area contributed by atoms with Gasteiger partial charge in [-0.3, -0.25) is 4.79 Å². The van der Waals surface area contributed by atoms with Crippen LogP contribution in [0.5, 0.6) is 0 Å². The highest BCUT2D eigenvalue weighted by Gasteiger charge is 2.16. The predicted molar refractivity (Wildman–Crippen MR) is 103 cm³/mol.